The highest BCUT2D eigenvalue weighted by Gasteiger charge is 2.67. The van der Waals surface area contributed by atoms with E-state index in [1.54, 1.807) is 24.9 Å². The second-order valence-corrected chi connectivity index (χ2v) is 10.6. The van der Waals surface area contributed by atoms with Crippen molar-refractivity contribution in [1.29, 1.82) is 0 Å². The van der Waals surface area contributed by atoms with E-state index in [0.717, 1.165) is 24.2 Å². The lowest BCUT2D eigenvalue weighted by Gasteiger charge is -2.47. The van der Waals surface area contributed by atoms with Crippen molar-refractivity contribution in [2.24, 2.45) is 12.5 Å². The van der Waals surface area contributed by atoms with Gasteiger partial charge in [-0.05, 0) is 58.7 Å². The van der Waals surface area contributed by atoms with Crippen LogP contribution in [0, 0.1) is 12.3 Å². The average Bonchev–Trinajstić information content (AvgIpc) is 3.25. The van der Waals surface area contributed by atoms with Crippen LogP contribution in [-0.4, -0.2) is 58.5 Å². The number of fused-ring (bicyclic) bond motifs is 1. The van der Waals surface area contributed by atoms with Crippen molar-refractivity contribution in [3.05, 3.63) is 46.5 Å². The Balaban J connectivity index is 1.51. The van der Waals surface area contributed by atoms with Crippen molar-refractivity contribution in [3.8, 4) is 11.6 Å². The van der Waals surface area contributed by atoms with Crippen molar-refractivity contribution < 1.29 is 19.0 Å². The first kappa shape index (κ1) is 23.9. The molecule has 2 bridgehead atoms. The number of amides is 1. The van der Waals surface area contributed by atoms with Gasteiger partial charge in [0.1, 0.15) is 11.4 Å². The maximum absolute atomic E-state index is 13.1. The fourth-order valence-corrected chi connectivity index (χ4v) is 5.10. The summed E-state index contributed by atoms with van der Waals surface area (Å²) < 4.78 is 18.7. The number of hydrogen-bond donors (Lipinski definition) is 1. The summed E-state index contributed by atoms with van der Waals surface area (Å²) in [7, 11) is 3.32. The fourth-order valence-electron chi connectivity index (χ4n) is 5.10. The highest BCUT2D eigenvalue weighted by molar-refractivity contribution is 5.71. The van der Waals surface area contributed by atoms with Gasteiger partial charge in [0.25, 0.3) is 5.56 Å². The normalized spacial score (nSPS) is 23.3. The van der Waals surface area contributed by atoms with Crippen LogP contribution in [0.25, 0.3) is 0 Å². The second-order valence-electron chi connectivity index (χ2n) is 10.6. The molecule has 34 heavy (non-hydrogen) atoms. The Morgan fingerprint density at radius 1 is 1.26 bits per heavy atom. The molecule has 1 saturated carbocycles. The third kappa shape index (κ3) is 4.56. The molecule has 184 valence electrons. The molecule has 0 radical (unpaired) electrons. The molecule has 2 aromatic heterocycles. The number of nitrogens with zero attached hydrogens (tertiary/aromatic N) is 3. The molecule has 1 amide bonds. The van der Waals surface area contributed by atoms with E-state index in [0.29, 0.717) is 31.3 Å². The predicted octanol–water partition coefficient (Wildman–Crippen LogP) is 3.36. The summed E-state index contributed by atoms with van der Waals surface area (Å²) >= 11 is 0. The highest BCUT2D eigenvalue weighted by atomic mass is 16.6. The number of rotatable bonds is 7. The molecule has 5 rings (SSSR count). The molecule has 2 aromatic rings. The average molecular weight is 471 g/mol. The summed E-state index contributed by atoms with van der Waals surface area (Å²) in [4.78, 5) is 31.3. The van der Waals surface area contributed by atoms with Crippen LogP contribution < -0.4 is 20.3 Å². The predicted molar refractivity (Wildman–Crippen MR) is 129 cm³/mol. The highest BCUT2D eigenvalue weighted by Crippen LogP contribution is 2.59. The zero-order chi connectivity index (χ0) is 24.7. The summed E-state index contributed by atoms with van der Waals surface area (Å²) in [6, 6.07) is 7.11. The molecule has 4 heterocycles. The van der Waals surface area contributed by atoms with Crippen LogP contribution in [0.5, 0.6) is 11.6 Å². The molecule has 3 fully saturated rings. The summed E-state index contributed by atoms with van der Waals surface area (Å²) in [5.74, 6) is 1.07. The van der Waals surface area contributed by atoms with Gasteiger partial charge in [0.15, 0.2) is 0 Å². The monoisotopic (exact) mass is 470 g/mol. The number of nitrogens with one attached hydrogen (secondary N) is 1. The van der Waals surface area contributed by atoms with Gasteiger partial charge in [-0.3, -0.25) is 4.79 Å². The third-order valence-electron chi connectivity index (χ3n) is 6.68. The zero-order valence-electron chi connectivity index (χ0n) is 20.8. The number of methoxy groups -OCH3 is 1. The van der Waals surface area contributed by atoms with Gasteiger partial charge >= 0.3 is 6.09 Å². The third-order valence-corrected chi connectivity index (χ3v) is 6.68. The molecule has 3 aliphatic rings. The van der Waals surface area contributed by atoms with Gasteiger partial charge in [-0.15, -0.1) is 0 Å². The number of hydrogen-bond acceptors (Lipinski definition) is 7. The summed E-state index contributed by atoms with van der Waals surface area (Å²) in [6.45, 7) is 8.99. The number of aromatic nitrogens is 2. The number of carbonyl (C=O) groups is 1. The molecule has 9 nitrogen and oxygen atoms in total. The molecule has 0 aromatic carbocycles. The molecular weight excluding hydrogens is 436 g/mol. The lowest BCUT2D eigenvalue weighted by molar-refractivity contribution is 0.000942. The first-order chi connectivity index (χ1) is 16.0. The lowest BCUT2D eigenvalue weighted by atomic mass is 9.62. The van der Waals surface area contributed by atoms with E-state index in [9.17, 15) is 9.59 Å². The van der Waals surface area contributed by atoms with Gasteiger partial charge < -0.3 is 29.0 Å². The molecule has 0 spiro atoms. The minimum Gasteiger partial charge on any atom is -0.493 e. The smallest absolute Gasteiger partial charge is 0.410 e. The molecular formula is C25H34N4O5. The first-order valence-corrected chi connectivity index (χ1v) is 11.5. The Bertz CT molecular complexity index is 1130. The van der Waals surface area contributed by atoms with E-state index in [1.165, 1.54) is 6.07 Å². The zero-order valence-corrected chi connectivity index (χ0v) is 20.8. The van der Waals surface area contributed by atoms with Gasteiger partial charge in [0, 0.05) is 43.5 Å². The molecule has 0 unspecified atom stereocenters. The van der Waals surface area contributed by atoms with Gasteiger partial charge in [0.2, 0.25) is 5.88 Å². The maximum Gasteiger partial charge on any atom is 0.410 e. The van der Waals surface area contributed by atoms with Gasteiger partial charge in [0.05, 0.1) is 24.9 Å². The van der Waals surface area contributed by atoms with Crippen LogP contribution in [0.4, 0.5) is 10.5 Å². The number of pyridine rings is 2. The van der Waals surface area contributed by atoms with E-state index >= 15 is 0 Å². The van der Waals surface area contributed by atoms with E-state index in [2.05, 4.69) is 10.3 Å². The van der Waals surface area contributed by atoms with Gasteiger partial charge in [-0.25, -0.2) is 9.78 Å². The van der Waals surface area contributed by atoms with Crippen molar-refractivity contribution in [2.75, 3.05) is 32.1 Å². The van der Waals surface area contributed by atoms with Gasteiger partial charge in [-0.2, -0.15) is 0 Å². The Morgan fingerprint density at radius 2 is 2.00 bits per heavy atom. The number of ether oxygens (including phenoxy) is 3. The number of carbonyl (C=O) groups excluding carboxylic acids is 1. The van der Waals surface area contributed by atoms with Crippen LogP contribution in [0.3, 0.4) is 0 Å². The van der Waals surface area contributed by atoms with Crippen molar-refractivity contribution in [1.82, 2.24) is 14.5 Å². The molecule has 1 aliphatic carbocycles. The van der Waals surface area contributed by atoms with Crippen molar-refractivity contribution in [3.63, 3.8) is 0 Å². The minimum atomic E-state index is -0.587. The van der Waals surface area contributed by atoms with E-state index in [1.807, 2.05) is 50.8 Å². The summed E-state index contributed by atoms with van der Waals surface area (Å²) in [5, 5.41) is 3.42. The van der Waals surface area contributed by atoms with Crippen molar-refractivity contribution in [2.45, 2.75) is 51.7 Å². The van der Waals surface area contributed by atoms with Gasteiger partial charge in [-0.1, -0.05) is 0 Å². The van der Waals surface area contributed by atoms with E-state index < -0.39 is 11.1 Å². The van der Waals surface area contributed by atoms with Crippen LogP contribution in [-0.2, 0) is 11.8 Å². The summed E-state index contributed by atoms with van der Waals surface area (Å²) in [5.41, 5.74) is 0.337. The summed E-state index contributed by atoms with van der Waals surface area (Å²) in [6.07, 6.45) is 2.91. The fraction of sp³-hybridized carbons (Fsp3) is 0.560. The largest absolute Gasteiger partial charge is 0.493 e. The Morgan fingerprint density at radius 3 is 2.65 bits per heavy atom. The van der Waals surface area contributed by atoms with Crippen LogP contribution in [0.2, 0.25) is 0 Å². The molecule has 2 aliphatic heterocycles. The molecule has 9 heteroatoms. The van der Waals surface area contributed by atoms with Crippen molar-refractivity contribution >= 4 is 11.8 Å². The first-order valence-electron chi connectivity index (χ1n) is 11.5. The standard InChI is InChI=1S/C25H34N4O5/c1-17-10-18(11-20(30)28(17)5)33-16-24-12-25(13-24,29(15-24)22(31)34-23(2,3)4)14-27-19-8-7-9-26-21(19)32-6/h7-11,27H,12-16H2,1-6H3. The Hall–Kier alpha value is -3.23. The number of aryl methyl sites for hydroxylation is 1. The molecule has 0 atom stereocenters. The molecule has 2 saturated heterocycles. The van der Waals surface area contributed by atoms with Crippen LogP contribution >= 0.6 is 0 Å². The van der Waals surface area contributed by atoms with Crippen LogP contribution in [0.1, 0.15) is 39.3 Å². The topological polar surface area (TPSA) is 94.9 Å². The SMILES string of the molecule is COc1ncccc1NCC12CC(COc3cc(C)n(C)c(=O)c3)(CN1C(=O)OC(C)(C)C)C2. The minimum absolute atomic E-state index is 0.105. The Kier molecular flexibility index (Phi) is 5.99. The number of anilines is 1. The molecule has 1 N–H and O–H groups in total. The Labute approximate surface area is 200 Å². The lowest BCUT2D eigenvalue weighted by Crippen LogP contribution is -2.57. The quantitative estimate of drug-likeness (QED) is 0.663. The maximum atomic E-state index is 13.1. The second kappa shape index (κ2) is 8.52. The van der Waals surface area contributed by atoms with E-state index in [-0.39, 0.29) is 17.1 Å². The van der Waals surface area contributed by atoms with Crippen LogP contribution in [0.15, 0.2) is 35.3 Å². The van der Waals surface area contributed by atoms with E-state index in [4.69, 9.17) is 14.2 Å².